The molecule has 1 aliphatic heterocycles. The van der Waals surface area contributed by atoms with E-state index in [0.29, 0.717) is 12.0 Å². The van der Waals surface area contributed by atoms with Gasteiger partial charge in [0.1, 0.15) is 0 Å². The summed E-state index contributed by atoms with van der Waals surface area (Å²) in [5.41, 5.74) is 8.54. The van der Waals surface area contributed by atoms with E-state index in [-0.39, 0.29) is 0 Å². The van der Waals surface area contributed by atoms with Crippen LogP contribution >= 0.6 is 0 Å². The second-order valence-electron chi connectivity index (χ2n) is 9.23. The van der Waals surface area contributed by atoms with E-state index in [1.54, 1.807) is 5.57 Å². The highest BCUT2D eigenvalue weighted by atomic mass is 15.2. The predicted molar refractivity (Wildman–Crippen MR) is 134 cm³/mol. The molecule has 1 aromatic carbocycles. The van der Waals surface area contributed by atoms with Crippen LogP contribution in [0.1, 0.15) is 69.6 Å². The Labute approximate surface area is 186 Å². The molecule has 2 aliphatic rings. The van der Waals surface area contributed by atoms with Gasteiger partial charge in [0.25, 0.3) is 0 Å². The first kappa shape index (κ1) is 24.4. The molecule has 0 radical (unpaired) electrons. The lowest BCUT2D eigenvalue weighted by molar-refractivity contribution is 0.292. The fraction of sp³-hybridized carbons (Fsp3) is 0.517. The Balaban J connectivity index is 0.000000232. The first-order valence-corrected chi connectivity index (χ1v) is 11.7. The van der Waals surface area contributed by atoms with E-state index in [1.165, 1.54) is 73.0 Å². The van der Waals surface area contributed by atoms with E-state index in [4.69, 9.17) is 0 Å². The predicted octanol–water partition coefficient (Wildman–Crippen LogP) is 7.75. The highest BCUT2D eigenvalue weighted by Gasteiger charge is 2.27. The highest BCUT2D eigenvalue weighted by Crippen LogP contribution is 2.33. The zero-order valence-corrected chi connectivity index (χ0v) is 20.1. The Morgan fingerprint density at radius 2 is 1.77 bits per heavy atom. The van der Waals surface area contributed by atoms with E-state index in [2.05, 4.69) is 89.1 Å². The molecule has 1 saturated heterocycles. The molecule has 0 spiro atoms. The lowest BCUT2D eigenvalue weighted by Crippen LogP contribution is -2.36. The number of likely N-dealkylation sites (tertiary alicyclic amines) is 1. The Kier molecular flexibility index (Phi) is 9.85. The number of hydrogen-bond acceptors (Lipinski definition) is 1. The summed E-state index contributed by atoms with van der Waals surface area (Å²) in [5, 5.41) is 0. The van der Waals surface area contributed by atoms with E-state index in [1.807, 2.05) is 0 Å². The summed E-state index contributed by atoms with van der Waals surface area (Å²) in [5.74, 6) is 0.707. The Morgan fingerprint density at radius 3 is 2.23 bits per heavy atom. The lowest BCUT2D eigenvalue weighted by atomic mass is 9.82. The van der Waals surface area contributed by atoms with Crippen LogP contribution in [0.2, 0.25) is 0 Å². The molecule has 1 nitrogen and oxygen atoms in total. The van der Waals surface area contributed by atoms with Crippen molar-refractivity contribution in [3.63, 3.8) is 0 Å². The molecule has 1 aromatic rings. The van der Waals surface area contributed by atoms with Crippen LogP contribution in [0.4, 0.5) is 0 Å². The third-order valence-corrected chi connectivity index (χ3v) is 6.67. The maximum absolute atomic E-state index is 4.23. The monoisotopic (exact) mass is 405 g/mol. The van der Waals surface area contributed by atoms with Gasteiger partial charge in [0.2, 0.25) is 0 Å². The number of nitrogens with zero attached hydrogens (tertiary/aromatic N) is 1. The summed E-state index contributed by atoms with van der Waals surface area (Å²) in [6.45, 7) is 21.6. The van der Waals surface area contributed by atoms with Gasteiger partial charge in [-0.3, -0.25) is 4.90 Å². The number of aryl methyl sites for hydroxylation is 2. The zero-order valence-electron chi connectivity index (χ0n) is 20.1. The molecule has 164 valence electrons. The Hall–Kier alpha value is -1.86. The molecule has 1 heteroatoms. The van der Waals surface area contributed by atoms with Crippen molar-refractivity contribution in [2.45, 2.75) is 79.2 Å². The smallest absolute Gasteiger partial charge is 0.0515 e. The van der Waals surface area contributed by atoms with Crippen molar-refractivity contribution in [1.82, 2.24) is 4.90 Å². The molecule has 2 atom stereocenters. The summed E-state index contributed by atoms with van der Waals surface area (Å²) in [7, 11) is 0. The molecule has 3 rings (SSSR count). The van der Waals surface area contributed by atoms with Crippen molar-refractivity contribution < 1.29 is 0 Å². The van der Waals surface area contributed by atoms with Crippen molar-refractivity contribution >= 4 is 0 Å². The molecular formula is C29H43N. The SMILES string of the molecule is C/C=C\Cc1c(C)cccc1C.C=C(C)C(C1=CC[C@@H](C(=C)C)CC1)N1CCCC1. The normalized spacial score (nSPS) is 20.4. The molecule has 1 aliphatic carbocycles. The average molecular weight is 406 g/mol. The van der Waals surface area contributed by atoms with Gasteiger partial charge < -0.3 is 0 Å². The van der Waals surface area contributed by atoms with Crippen LogP contribution in [-0.4, -0.2) is 24.0 Å². The Morgan fingerprint density at radius 1 is 1.13 bits per heavy atom. The molecule has 1 unspecified atom stereocenters. The van der Waals surface area contributed by atoms with E-state index >= 15 is 0 Å². The van der Waals surface area contributed by atoms with Crippen LogP contribution in [0.15, 0.2) is 66.3 Å². The van der Waals surface area contributed by atoms with Crippen molar-refractivity contribution in [2.75, 3.05) is 13.1 Å². The van der Waals surface area contributed by atoms with Crippen molar-refractivity contribution in [1.29, 1.82) is 0 Å². The van der Waals surface area contributed by atoms with Gasteiger partial charge in [-0.15, -0.1) is 0 Å². The maximum Gasteiger partial charge on any atom is 0.0515 e. The van der Waals surface area contributed by atoms with Gasteiger partial charge in [0.15, 0.2) is 0 Å². The fourth-order valence-corrected chi connectivity index (χ4v) is 4.82. The molecule has 30 heavy (non-hydrogen) atoms. The summed E-state index contributed by atoms with van der Waals surface area (Å²) in [4.78, 5) is 2.62. The van der Waals surface area contributed by atoms with Gasteiger partial charge in [-0.25, -0.2) is 0 Å². The van der Waals surface area contributed by atoms with Crippen LogP contribution in [0.5, 0.6) is 0 Å². The van der Waals surface area contributed by atoms with E-state index in [0.717, 1.165) is 6.42 Å². The number of rotatable bonds is 6. The van der Waals surface area contributed by atoms with E-state index < -0.39 is 0 Å². The maximum atomic E-state index is 4.23. The third-order valence-electron chi connectivity index (χ3n) is 6.67. The van der Waals surface area contributed by atoms with Crippen LogP contribution in [-0.2, 0) is 6.42 Å². The second-order valence-corrected chi connectivity index (χ2v) is 9.23. The number of benzene rings is 1. The van der Waals surface area contributed by atoms with Gasteiger partial charge in [0.05, 0.1) is 6.04 Å². The minimum absolute atomic E-state index is 0.513. The lowest BCUT2D eigenvalue weighted by Gasteiger charge is -2.33. The van der Waals surface area contributed by atoms with Crippen LogP contribution < -0.4 is 0 Å². The first-order chi connectivity index (χ1) is 14.3. The summed E-state index contributed by atoms with van der Waals surface area (Å²) >= 11 is 0. The van der Waals surface area contributed by atoms with Gasteiger partial charge in [-0.05, 0) is 109 Å². The quantitative estimate of drug-likeness (QED) is 0.437. The average Bonchev–Trinajstić information content (AvgIpc) is 3.23. The molecule has 1 fully saturated rings. The topological polar surface area (TPSA) is 3.24 Å². The number of allylic oxidation sites excluding steroid dienone is 4. The van der Waals surface area contributed by atoms with Gasteiger partial charge in [0, 0.05) is 0 Å². The Bertz CT molecular complexity index is 753. The second kappa shape index (κ2) is 12.1. The molecular weight excluding hydrogens is 362 g/mol. The fourth-order valence-electron chi connectivity index (χ4n) is 4.82. The molecule has 0 aromatic heterocycles. The van der Waals surface area contributed by atoms with Gasteiger partial charge in [-0.1, -0.05) is 66.3 Å². The first-order valence-electron chi connectivity index (χ1n) is 11.7. The zero-order chi connectivity index (χ0) is 22.1. The molecule has 0 N–H and O–H groups in total. The summed E-state index contributed by atoms with van der Waals surface area (Å²) in [6.07, 6.45) is 14.2. The minimum Gasteiger partial charge on any atom is -0.293 e. The summed E-state index contributed by atoms with van der Waals surface area (Å²) in [6, 6.07) is 6.97. The van der Waals surface area contributed by atoms with Crippen LogP contribution in [0.3, 0.4) is 0 Å². The summed E-state index contributed by atoms with van der Waals surface area (Å²) < 4.78 is 0. The van der Waals surface area contributed by atoms with Gasteiger partial charge in [-0.2, -0.15) is 0 Å². The highest BCUT2D eigenvalue weighted by molar-refractivity contribution is 5.34. The van der Waals surface area contributed by atoms with Gasteiger partial charge >= 0.3 is 0 Å². The molecule has 0 saturated carbocycles. The van der Waals surface area contributed by atoms with Crippen molar-refractivity contribution in [3.8, 4) is 0 Å². The molecule has 0 bridgehead atoms. The van der Waals surface area contributed by atoms with Crippen molar-refractivity contribution in [3.05, 3.63) is 83.0 Å². The largest absolute Gasteiger partial charge is 0.293 e. The van der Waals surface area contributed by atoms with E-state index in [9.17, 15) is 0 Å². The van der Waals surface area contributed by atoms with Crippen LogP contribution in [0.25, 0.3) is 0 Å². The standard InChI is InChI=1S/C17H27N.C12H16/c1-13(2)15-7-9-16(10-8-15)17(14(3)4)18-11-5-6-12-18;1-4-5-9-12-10(2)7-6-8-11(12)3/h9,15,17H,1,3,5-8,10-12H2,2,4H3;4-8H,9H2,1-3H3/b;5-4-/t15-,17?;/m1./s1. The van der Waals surface area contributed by atoms with Crippen LogP contribution in [0, 0.1) is 19.8 Å². The van der Waals surface area contributed by atoms with Crippen molar-refractivity contribution in [2.24, 2.45) is 5.92 Å². The minimum atomic E-state index is 0.513. The molecule has 0 amide bonds. The third kappa shape index (κ3) is 6.84. The molecule has 1 heterocycles. The number of hydrogen-bond donors (Lipinski definition) is 0.